The van der Waals surface area contributed by atoms with Crippen LogP contribution in [0.5, 0.6) is 11.5 Å². The van der Waals surface area contributed by atoms with Crippen LogP contribution in [-0.4, -0.2) is 43.6 Å². The number of ether oxygens (including phenoxy) is 2. The van der Waals surface area contributed by atoms with Gasteiger partial charge in [-0.3, -0.25) is 4.79 Å². The van der Waals surface area contributed by atoms with Gasteiger partial charge in [0, 0.05) is 19.1 Å². The summed E-state index contributed by atoms with van der Waals surface area (Å²) in [4.78, 5) is 14.3. The summed E-state index contributed by atoms with van der Waals surface area (Å²) in [6.45, 7) is 2.26. The molecule has 1 N–H and O–H groups in total. The van der Waals surface area contributed by atoms with Gasteiger partial charge in [0.2, 0.25) is 0 Å². The number of carbonyl (C=O) groups is 1. The van der Waals surface area contributed by atoms with Gasteiger partial charge in [-0.1, -0.05) is 30.3 Å². The van der Waals surface area contributed by atoms with Crippen LogP contribution in [0.25, 0.3) is 0 Å². The Morgan fingerprint density at radius 1 is 1.08 bits per heavy atom. The summed E-state index contributed by atoms with van der Waals surface area (Å²) >= 11 is 0. The van der Waals surface area contributed by atoms with E-state index in [1.54, 1.807) is 0 Å². The van der Waals surface area contributed by atoms with Crippen molar-refractivity contribution in [1.82, 2.24) is 10.2 Å². The summed E-state index contributed by atoms with van der Waals surface area (Å²) in [6.07, 6.45) is 2.12. The van der Waals surface area contributed by atoms with E-state index in [9.17, 15) is 4.79 Å². The van der Waals surface area contributed by atoms with Crippen LogP contribution in [0.4, 0.5) is 0 Å². The number of nitrogens with one attached hydrogen (secondary N) is 1. The number of amides is 1. The van der Waals surface area contributed by atoms with Gasteiger partial charge < -0.3 is 19.7 Å². The molecular formula is C21H26N2O3. The van der Waals surface area contributed by atoms with E-state index in [0.29, 0.717) is 12.4 Å². The topological polar surface area (TPSA) is 50.8 Å². The van der Waals surface area contributed by atoms with E-state index in [2.05, 4.69) is 5.32 Å². The van der Waals surface area contributed by atoms with Crippen LogP contribution in [-0.2, 0) is 11.4 Å². The fourth-order valence-electron chi connectivity index (χ4n) is 3.21. The molecule has 5 heteroatoms. The van der Waals surface area contributed by atoms with Crippen molar-refractivity contribution < 1.29 is 14.3 Å². The first-order valence-electron chi connectivity index (χ1n) is 9.10. The smallest absolute Gasteiger partial charge is 0.260 e. The predicted molar refractivity (Wildman–Crippen MR) is 101 cm³/mol. The van der Waals surface area contributed by atoms with E-state index in [-0.39, 0.29) is 18.6 Å². The Morgan fingerprint density at radius 2 is 1.77 bits per heavy atom. The molecule has 138 valence electrons. The highest BCUT2D eigenvalue weighted by molar-refractivity contribution is 5.78. The van der Waals surface area contributed by atoms with Crippen molar-refractivity contribution in [1.29, 1.82) is 0 Å². The summed E-state index contributed by atoms with van der Waals surface area (Å²) in [5.74, 6) is 1.50. The van der Waals surface area contributed by atoms with Gasteiger partial charge in [-0.05, 0) is 49.7 Å². The minimum Gasteiger partial charge on any atom is -0.489 e. The summed E-state index contributed by atoms with van der Waals surface area (Å²) < 4.78 is 11.4. The molecule has 5 nitrogen and oxygen atoms in total. The Labute approximate surface area is 154 Å². The highest BCUT2D eigenvalue weighted by Gasteiger charge is 2.28. The maximum absolute atomic E-state index is 12.4. The van der Waals surface area contributed by atoms with Crippen LogP contribution in [0, 0.1) is 0 Å². The normalized spacial score (nSPS) is 16.5. The molecule has 1 fully saturated rings. The van der Waals surface area contributed by atoms with Crippen LogP contribution < -0.4 is 14.8 Å². The summed E-state index contributed by atoms with van der Waals surface area (Å²) in [5, 5.41) is 3.15. The molecular weight excluding hydrogens is 328 g/mol. The molecule has 1 saturated heterocycles. The summed E-state index contributed by atoms with van der Waals surface area (Å²) in [6, 6.07) is 17.7. The fourth-order valence-corrected chi connectivity index (χ4v) is 3.21. The number of rotatable bonds is 8. The van der Waals surface area contributed by atoms with Gasteiger partial charge in [-0.15, -0.1) is 0 Å². The van der Waals surface area contributed by atoms with Crippen molar-refractivity contribution >= 4 is 5.91 Å². The van der Waals surface area contributed by atoms with Crippen molar-refractivity contribution in [3.8, 4) is 11.5 Å². The van der Waals surface area contributed by atoms with E-state index in [4.69, 9.17) is 9.47 Å². The first-order chi connectivity index (χ1) is 12.8. The molecule has 2 aromatic rings. The first kappa shape index (κ1) is 18.3. The lowest BCUT2D eigenvalue weighted by molar-refractivity contribution is -0.134. The van der Waals surface area contributed by atoms with Crippen molar-refractivity contribution in [2.45, 2.75) is 25.5 Å². The Bertz CT molecular complexity index is 688. The molecule has 0 saturated carbocycles. The molecule has 1 atom stereocenters. The van der Waals surface area contributed by atoms with Crippen LogP contribution in [0.2, 0.25) is 0 Å². The van der Waals surface area contributed by atoms with Crippen LogP contribution in [0.1, 0.15) is 18.4 Å². The van der Waals surface area contributed by atoms with E-state index in [1.807, 2.05) is 66.5 Å². The van der Waals surface area contributed by atoms with Gasteiger partial charge in [-0.2, -0.15) is 0 Å². The Balaban J connectivity index is 1.46. The molecule has 1 aliphatic heterocycles. The third-order valence-electron chi connectivity index (χ3n) is 4.57. The Morgan fingerprint density at radius 3 is 2.46 bits per heavy atom. The molecule has 0 aliphatic carbocycles. The molecule has 0 bridgehead atoms. The van der Waals surface area contributed by atoms with Crippen molar-refractivity contribution in [2.24, 2.45) is 0 Å². The minimum atomic E-state index is 0.0483. The maximum atomic E-state index is 12.4. The monoisotopic (exact) mass is 354 g/mol. The van der Waals surface area contributed by atoms with Gasteiger partial charge in [0.1, 0.15) is 18.1 Å². The number of nitrogens with zero attached hydrogens (tertiary/aromatic N) is 1. The minimum absolute atomic E-state index is 0.0483. The van der Waals surface area contributed by atoms with Gasteiger partial charge in [0.25, 0.3) is 5.91 Å². The van der Waals surface area contributed by atoms with Gasteiger partial charge in [0.05, 0.1) is 0 Å². The maximum Gasteiger partial charge on any atom is 0.260 e. The average Bonchev–Trinajstić information content (AvgIpc) is 3.15. The lowest BCUT2D eigenvalue weighted by Gasteiger charge is -2.24. The molecule has 1 aliphatic rings. The Kier molecular flexibility index (Phi) is 6.50. The molecule has 0 radical (unpaired) electrons. The SMILES string of the molecule is CNCC1CCCN1C(=O)COc1ccc(OCc2ccccc2)cc1. The fraction of sp³-hybridized carbons (Fsp3) is 0.381. The van der Waals surface area contributed by atoms with Crippen molar-refractivity contribution in [3.05, 3.63) is 60.2 Å². The second-order valence-corrected chi connectivity index (χ2v) is 6.48. The Hall–Kier alpha value is -2.53. The molecule has 0 spiro atoms. The number of benzene rings is 2. The van der Waals surface area contributed by atoms with Crippen molar-refractivity contribution in [2.75, 3.05) is 26.7 Å². The van der Waals surface area contributed by atoms with Gasteiger partial charge in [0.15, 0.2) is 6.61 Å². The van der Waals surface area contributed by atoms with Gasteiger partial charge in [-0.25, -0.2) is 0 Å². The van der Waals surface area contributed by atoms with Crippen LogP contribution >= 0.6 is 0 Å². The number of carbonyl (C=O) groups excluding carboxylic acids is 1. The molecule has 2 aromatic carbocycles. The largest absolute Gasteiger partial charge is 0.489 e. The molecule has 3 rings (SSSR count). The van der Waals surface area contributed by atoms with Crippen LogP contribution in [0.3, 0.4) is 0 Å². The highest BCUT2D eigenvalue weighted by atomic mass is 16.5. The molecule has 1 unspecified atom stereocenters. The lowest BCUT2D eigenvalue weighted by atomic mass is 10.2. The lowest BCUT2D eigenvalue weighted by Crippen LogP contribution is -2.43. The quantitative estimate of drug-likeness (QED) is 0.792. The van der Waals surface area contributed by atoms with Crippen molar-refractivity contribution in [3.63, 3.8) is 0 Å². The van der Waals surface area contributed by atoms with Crippen LogP contribution in [0.15, 0.2) is 54.6 Å². The predicted octanol–water partition coefficient (Wildman–Crippen LogP) is 2.85. The summed E-state index contributed by atoms with van der Waals surface area (Å²) in [7, 11) is 1.92. The van der Waals surface area contributed by atoms with Gasteiger partial charge >= 0.3 is 0 Å². The van der Waals surface area contributed by atoms with E-state index in [1.165, 1.54) is 0 Å². The third-order valence-corrected chi connectivity index (χ3v) is 4.57. The standard InChI is InChI=1S/C21H26N2O3/c1-22-14-18-8-5-13-23(18)21(24)16-26-20-11-9-19(10-12-20)25-15-17-6-3-2-4-7-17/h2-4,6-7,9-12,18,22H,5,8,13-16H2,1H3. The zero-order valence-corrected chi connectivity index (χ0v) is 15.2. The average molecular weight is 354 g/mol. The number of hydrogen-bond acceptors (Lipinski definition) is 4. The second-order valence-electron chi connectivity index (χ2n) is 6.48. The molecule has 1 heterocycles. The first-order valence-corrected chi connectivity index (χ1v) is 9.10. The molecule has 0 aromatic heterocycles. The number of likely N-dealkylation sites (N-methyl/N-ethyl adjacent to an activating group) is 1. The third kappa shape index (κ3) is 4.99. The molecule has 1 amide bonds. The number of hydrogen-bond donors (Lipinski definition) is 1. The van der Waals surface area contributed by atoms with E-state index < -0.39 is 0 Å². The number of likely N-dealkylation sites (tertiary alicyclic amines) is 1. The second kappa shape index (κ2) is 9.25. The molecule has 26 heavy (non-hydrogen) atoms. The zero-order chi connectivity index (χ0) is 18.2. The zero-order valence-electron chi connectivity index (χ0n) is 15.2. The highest BCUT2D eigenvalue weighted by Crippen LogP contribution is 2.20. The van der Waals surface area contributed by atoms with E-state index >= 15 is 0 Å². The summed E-state index contributed by atoms with van der Waals surface area (Å²) in [5.41, 5.74) is 1.13. The van der Waals surface area contributed by atoms with E-state index in [0.717, 1.165) is 37.2 Å².